The second-order valence-corrected chi connectivity index (χ2v) is 14.6. The average molecular weight is 512 g/mol. The summed E-state index contributed by atoms with van der Waals surface area (Å²) in [4.78, 5) is 43.6. The van der Waals surface area contributed by atoms with E-state index in [0.717, 1.165) is 24.8 Å². The second-order valence-electron chi connectivity index (χ2n) is 14.6. The third-order valence-electron chi connectivity index (χ3n) is 12.8. The van der Waals surface area contributed by atoms with Gasteiger partial charge in [-0.25, -0.2) is 4.90 Å². The Morgan fingerprint density at radius 2 is 1.84 bits per heavy atom. The Morgan fingerprint density at radius 1 is 1.11 bits per heavy atom. The summed E-state index contributed by atoms with van der Waals surface area (Å²) in [6, 6.07) is 0. The molecule has 7 heteroatoms. The van der Waals surface area contributed by atoms with Gasteiger partial charge in [-0.05, 0) is 62.4 Å². The number of rotatable bonds is 0. The Labute approximate surface area is 219 Å². The number of aliphatic hydroxyl groups is 1. The van der Waals surface area contributed by atoms with Crippen LogP contribution in [-0.2, 0) is 23.9 Å². The standard InChI is InChI=1S/C30H41NO6/c1-15-10-19-22(20(32)11-15)17(3)23(34)24-26(4)13-21(33)37-30(25(35)28(19,24)6)27(26,5)7-8-29-12-16(2)9-18(36-29)14-31(29)30/h11,16-19,22,24-25,35H,7-10,12-14H2,1-6H3/t16-,17+,18-,19+,22-,24?,25-,26-,27-,28-,29-,30+/m0/s1. The Kier molecular flexibility index (Phi) is 4.59. The molecule has 1 N–H and O–H groups in total. The zero-order valence-corrected chi connectivity index (χ0v) is 23.0. The number of allylic oxidation sites excluding steroid dienone is 2. The number of piperidine rings is 1. The molecule has 6 fully saturated rings. The quantitative estimate of drug-likeness (QED) is 0.497. The lowest BCUT2D eigenvalue weighted by Gasteiger charge is -2.78. The molecule has 0 amide bonds. The van der Waals surface area contributed by atoms with Crippen molar-refractivity contribution in [1.29, 1.82) is 0 Å². The summed E-state index contributed by atoms with van der Waals surface area (Å²) in [5, 5.41) is 12.8. The minimum atomic E-state index is -1.30. The van der Waals surface area contributed by atoms with Crippen LogP contribution in [0.25, 0.3) is 0 Å². The van der Waals surface area contributed by atoms with Gasteiger partial charge >= 0.3 is 5.97 Å². The molecule has 7 aliphatic rings. The predicted molar refractivity (Wildman–Crippen MR) is 134 cm³/mol. The molecule has 7 rings (SSSR count). The van der Waals surface area contributed by atoms with E-state index in [9.17, 15) is 19.5 Å². The zero-order valence-electron chi connectivity index (χ0n) is 23.0. The molecule has 0 aromatic heterocycles. The van der Waals surface area contributed by atoms with Crippen LogP contribution in [0.4, 0.5) is 0 Å². The van der Waals surface area contributed by atoms with Gasteiger partial charge in [-0.15, -0.1) is 0 Å². The highest BCUT2D eigenvalue weighted by molar-refractivity contribution is 6.00. The van der Waals surface area contributed by atoms with Crippen molar-refractivity contribution >= 4 is 17.5 Å². The predicted octanol–water partition coefficient (Wildman–Crippen LogP) is 3.63. The van der Waals surface area contributed by atoms with Crippen LogP contribution in [0.15, 0.2) is 11.6 Å². The number of Topliss-reactive ketones (excluding diaryl/α,β-unsaturated/α-hetero) is 1. The number of carbonyl (C=O) groups is 3. The number of ether oxygens (including phenoxy) is 2. The van der Waals surface area contributed by atoms with E-state index in [-0.39, 0.29) is 36.0 Å². The number of hydrogen-bond donors (Lipinski definition) is 1. The number of carbonyl (C=O) groups excluding carboxylic acids is 3. The summed E-state index contributed by atoms with van der Waals surface area (Å²) in [6.45, 7) is 13.0. The van der Waals surface area contributed by atoms with Crippen molar-refractivity contribution in [3.05, 3.63) is 11.6 Å². The van der Waals surface area contributed by atoms with Crippen molar-refractivity contribution in [1.82, 2.24) is 4.90 Å². The number of nitrogens with zero attached hydrogens (tertiary/aromatic N) is 1. The maximum absolute atomic E-state index is 14.4. The lowest BCUT2D eigenvalue weighted by atomic mass is 9.32. The van der Waals surface area contributed by atoms with E-state index in [0.29, 0.717) is 25.3 Å². The van der Waals surface area contributed by atoms with Crippen LogP contribution in [0, 0.1) is 45.8 Å². The van der Waals surface area contributed by atoms with Gasteiger partial charge in [-0.3, -0.25) is 14.4 Å². The molecule has 2 saturated carbocycles. The maximum Gasteiger partial charge on any atom is 0.308 e. The number of aliphatic hydroxyl groups excluding tert-OH is 1. The fourth-order valence-corrected chi connectivity index (χ4v) is 11.3. The fraction of sp³-hybridized carbons (Fsp3) is 0.833. The van der Waals surface area contributed by atoms with Crippen molar-refractivity contribution in [2.24, 2.45) is 45.8 Å². The van der Waals surface area contributed by atoms with Crippen molar-refractivity contribution in [2.45, 2.75) is 104 Å². The van der Waals surface area contributed by atoms with Crippen LogP contribution in [-0.4, -0.2) is 57.7 Å². The fourth-order valence-electron chi connectivity index (χ4n) is 11.3. The maximum atomic E-state index is 14.4. The van der Waals surface area contributed by atoms with E-state index in [1.807, 2.05) is 20.8 Å². The van der Waals surface area contributed by atoms with Crippen LogP contribution in [0.3, 0.4) is 0 Å². The third kappa shape index (κ3) is 2.46. The van der Waals surface area contributed by atoms with Gasteiger partial charge in [0.05, 0.1) is 12.5 Å². The van der Waals surface area contributed by atoms with Crippen LogP contribution < -0.4 is 0 Å². The highest BCUT2D eigenvalue weighted by Gasteiger charge is 2.86. The molecule has 0 radical (unpaired) electrons. The topological polar surface area (TPSA) is 93.1 Å². The van der Waals surface area contributed by atoms with Crippen LogP contribution in [0.5, 0.6) is 0 Å². The molecule has 4 bridgehead atoms. The highest BCUT2D eigenvalue weighted by atomic mass is 16.6. The first-order valence-corrected chi connectivity index (χ1v) is 14.4. The molecule has 202 valence electrons. The van der Waals surface area contributed by atoms with Crippen molar-refractivity contribution < 1.29 is 29.0 Å². The Balaban J connectivity index is 1.49. The molecular formula is C30H41NO6. The number of esters is 1. The van der Waals surface area contributed by atoms with Gasteiger partial charge in [0.2, 0.25) is 5.72 Å². The summed E-state index contributed by atoms with van der Waals surface area (Å²) in [5.74, 6) is -1.48. The lowest BCUT2D eigenvalue weighted by molar-refractivity contribution is -0.412. The van der Waals surface area contributed by atoms with E-state index in [2.05, 4.69) is 25.7 Å². The van der Waals surface area contributed by atoms with Gasteiger partial charge in [-0.2, -0.15) is 0 Å². The van der Waals surface area contributed by atoms with Crippen molar-refractivity contribution in [2.75, 3.05) is 6.54 Å². The number of fused-ring (bicyclic) bond motifs is 5. The molecule has 7 nitrogen and oxygen atoms in total. The molecule has 37 heavy (non-hydrogen) atoms. The molecular weight excluding hydrogens is 470 g/mol. The first-order valence-electron chi connectivity index (χ1n) is 14.4. The van der Waals surface area contributed by atoms with Crippen LogP contribution >= 0.6 is 0 Å². The van der Waals surface area contributed by atoms with Gasteiger partial charge in [0.1, 0.15) is 17.6 Å². The van der Waals surface area contributed by atoms with Gasteiger partial charge in [0.15, 0.2) is 5.78 Å². The molecule has 4 saturated heterocycles. The van der Waals surface area contributed by atoms with E-state index < -0.39 is 51.6 Å². The smallest absolute Gasteiger partial charge is 0.308 e. The molecule has 4 aliphatic heterocycles. The van der Waals surface area contributed by atoms with Gasteiger partial charge < -0.3 is 14.6 Å². The van der Waals surface area contributed by atoms with Gasteiger partial charge in [0.25, 0.3) is 0 Å². The Bertz CT molecular complexity index is 1160. The summed E-state index contributed by atoms with van der Waals surface area (Å²) < 4.78 is 13.2. The summed E-state index contributed by atoms with van der Waals surface area (Å²) >= 11 is 0. The highest BCUT2D eigenvalue weighted by Crippen LogP contribution is 2.78. The molecule has 1 spiro atoms. The summed E-state index contributed by atoms with van der Waals surface area (Å²) in [6.07, 6.45) is 4.72. The van der Waals surface area contributed by atoms with Crippen LogP contribution in [0.2, 0.25) is 0 Å². The minimum Gasteiger partial charge on any atom is -0.440 e. The van der Waals surface area contributed by atoms with E-state index in [4.69, 9.17) is 9.47 Å². The summed E-state index contributed by atoms with van der Waals surface area (Å²) in [7, 11) is 0. The molecule has 3 aliphatic carbocycles. The number of hydrogen-bond acceptors (Lipinski definition) is 7. The molecule has 0 aromatic carbocycles. The lowest BCUT2D eigenvalue weighted by Crippen LogP contribution is -2.88. The van der Waals surface area contributed by atoms with Gasteiger partial charge in [-0.1, -0.05) is 40.2 Å². The Hall–Kier alpha value is -1.57. The van der Waals surface area contributed by atoms with Crippen molar-refractivity contribution in [3.8, 4) is 0 Å². The molecule has 4 heterocycles. The first-order chi connectivity index (χ1) is 17.2. The largest absolute Gasteiger partial charge is 0.440 e. The normalized spacial score (nSPS) is 58.5. The third-order valence-corrected chi connectivity index (χ3v) is 12.8. The SMILES string of the molecule is CC1=CC(=O)[C@@H]2[C@@H](C1)[C@@]1(C)C(C(=O)[C@@H]2C)[C@]2(C)CC(=O)O[C@@]3([C@H]1O)N1C[C@@H]4C[C@H](C)C[C@]1(CC[C@@]23C)O4. The average Bonchev–Trinajstić information content (AvgIpc) is 3.08. The van der Waals surface area contributed by atoms with E-state index >= 15 is 0 Å². The number of ketones is 2. The monoisotopic (exact) mass is 511 g/mol. The summed E-state index contributed by atoms with van der Waals surface area (Å²) in [5.41, 5.74) is -3.16. The van der Waals surface area contributed by atoms with Crippen LogP contribution in [0.1, 0.15) is 80.1 Å². The first kappa shape index (κ1) is 24.5. The zero-order chi connectivity index (χ0) is 26.5. The minimum absolute atomic E-state index is 0.00563. The van der Waals surface area contributed by atoms with Gasteiger partial charge in [0, 0.05) is 35.1 Å². The van der Waals surface area contributed by atoms with E-state index in [1.165, 1.54) is 0 Å². The second kappa shape index (κ2) is 6.95. The van der Waals surface area contributed by atoms with E-state index in [1.54, 1.807) is 6.08 Å². The molecule has 0 aromatic rings. The molecule has 1 unspecified atom stereocenters. The molecule has 12 atom stereocenters. The Morgan fingerprint density at radius 3 is 2.57 bits per heavy atom. The van der Waals surface area contributed by atoms with Crippen molar-refractivity contribution in [3.63, 3.8) is 0 Å².